The number of carbonyl (C=O) groups excluding carboxylic acids is 2. The van der Waals surface area contributed by atoms with E-state index in [1.54, 1.807) is 18.2 Å². The zero-order valence-electron chi connectivity index (χ0n) is 22.3. The average Bonchev–Trinajstić information content (AvgIpc) is 3.50. The molecule has 2 aromatic heterocycles. The summed E-state index contributed by atoms with van der Waals surface area (Å²) in [6, 6.07) is 4.37. The van der Waals surface area contributed by atoms with Crippen LogP contribution in [0.2, 0.25) is 0 Å². The van der Waals surface area contributed by atoms with Crippen LogP contribution in [0.3, 0.4) is 0 Å². The third kappa shape index (κ3) is 6.35. The normalized spacial score (nSPS) is 16.9. The fourth-order valence-electron chi connectivity index (χ4n) is 4.11. The van der Waals surface area contributed by atoms with Crippen molar-refractivity contribution >= 4 is 23.0 Å². The van der Waals surface area contributed by atoms with Gasteiger partial charge in [0, 0.05) is 18.8 Å². The summed E-state index contributed by atoms with van der Waals surface area (Å²) in [4.78, 5) is 33.6. The zero-order chi connectivity index (χ0) is 29.5. The Hall–Kier alpha value is -3.75. The highest BCUT2D eigenvalue weighted by Crippen LogP contribution is 2.34. The standard InChI is InChI=1S/C25H30F5N7O3/c1-14(2)37-19(7-8-32-37)21(38)35-18(11-40-23(3,4)25(28,29)30)20-33-16-6-5-15(9-17(16)34-20)10-36-13-24(26,27)12-31-22(36)39/h5-9,14,18H,10-13H2,1-4H3,(H,31,39)(H,33,34)(H,35,38). The van der Waals surface area contributed by atoms with E-state index in [0.29, 0.717) is 16.6 Å². The van der Waals surface area contributed by atoms with Gasteiger partial charge < -0.3 is 25.3 Å². The molecule has 3 N–H and O–H groups in total. The molecule has 0 saturated carbocycles. The number of nitrogens with one attached hydrogen (secondary N) is 3. The predicted octanol–water partition coefficient (Wildman–Crippen LogP) is 4.33. The van der Waals surface area contributed by atoms with Crippen LogP contribution >= 0.6 is 0 Å². The van der Waals surface area contributed by atoms with E-state index in [9.17, 15) is 31.5 Å². The third-order valence-corrected chi connectivity index (χ3v) is 6.47. The van der Waals surface area contributed by atoms with Crippen LogP contribution in [0.15, 0.2) is 30.5 Å². The second-order valence-electron chi connectivity index (χ2n) is 10.4. The molecule has 3 amide bonds. The van der Waals surface area contributed by atoms with Crippen molar-refractivity contribution in [2.24, 2.45) is 0 Å². The highest BCUT2D eigenvalue weighted by molar-refractivity contribution is 5.92. The van der Waals surface area contributed by atoms with E-state index < -0.39 is 55.4 Å². The SMILES string of the molecule is CC(C)n1nccc1C(=O)NC(COC(C)(C)C(F)(F)F)c1nc2ccc(CN3CC(F)(F)CNC3=O)cc2[nH]1. The quantitative estimate of drug-likeness (QED) is 0.331. The summed E-state index contributed by atoms with van der Waals surface area (Å²) in [6.07, 6.45) is -3.23. The maximum absolute atomic E-state index is 13.8. The Bertz CT molecular complexity index is 1380. The predicted molar refractivity (Wildman–Crippen MR) is 134 cm³/mol. The highest BCUT2D eigenvalue weighted by Gasteiger charge is 2.49. The number of ether oxygens (including phenoxy) is 1. The van der Waals surface area contributed by atoms with Gasteiger partial charge in [-0.2, -0.15) is 18.3 Å². The molecule has 0 radical (unpaired) electrons. The number of rotatable bonds is 9. The van der Waals surface area contributed by atoms with Crippen molar-refractivity contribution in [2.75, 3.05) is 19.7 Å². The number of nitrogens with zero attached hydrogens (tertiary/aromatic N) is 4. The summed E-state index contributed by atoms with van der Waals surface area (Å²) >= 11 is 0. The fourth-order valence-corrected chi connectivity index (χ4v) is 4.11. The molecule has 0 spiro atoms. The molecular weight excluding hydrogens is 541 g/mol. The van der Waals surface area contributed by atoms with Gasteiger partial charge >= 0.3 is 12.2 Å². The Balaban J connectivity index is 1.60. The number of urea groups is 1. The number of alkyl halides is 5. The Kier molecular flexibility index (Phi) is 7.80. The first-order chi connectivity index (χ1) is 18.6. The zero-order valence-corrected chi connectivity index (χ0v) is 22.3. The average molecular weight is 572 g/mol. The monoisotopic (exact) mass is 571 g/mol. The summed E-state index contributed by atoms with van der Waals surface area (Å²) in [6.45, 7) is 3.26. The van der Waals surface area contributed by atoms with E-state index in [4.69, 9.17) is 4.74 Å². The number of imidazole rings is 1. The maximum atomic E-state index is 13.8. The van der Waals surface area contributed by atoms with Crippen LogP contribution in [0.1, 0.15) is 61.7 Å². The van der Waals surface area contributed by atoms with Gasteiger partial charge in [0.25, 0.3) is 11.8 Å². The molecule has 40 heavy (non-hydrogen) atoms. The third-order valence-electron chi connectivity index (χ3n) is 6.47. The van der Waals surface area contributed by atoms with Crippen molar-refractivity contribution in [1.29, 1.82) is 0 Å². The molecule has 3 aromatic rings. The van der Waals surface area contributed by atoms with Crippen LogP contribution in [0, 0.1) is 0 Å². The summed E-state index contributed by atoms with van der Waals surface area (Å²) in [5.74, 6) is -3.54. The van der Waals surface area contributed by atoms with Gasteiger partial charge in [0.15, 0.2) is 5.60 Å². The lowest BCUT2D eigenvalue weighted by molar-refractivity contribution is -0.265. The Morgan fingerprint density at radius 2 is 1.95 bits per heavy atom. The van der Waals surface area contributed by atoms with E-state index in [-0.39, 0.29) is 24.1 Å². The van der Waals surface area contributed by atoms with E-state index in [0.717, 1.165) is 18.7 Å². The van der Waals surface area contributed by atoms with Gasteiger partial charge in [-0.3, -0.25) is 9.48 Å². The molecular formula is C25H30F5N7O3. The van der Waals surface area contributed by atoms with Crippen LogP contribution in [0.5, 0.6) is 0 Å². The lowest BCUT2D eigenvalue weighted by atomic mass is 10.1. The van der Waals surface area contributed by atoms with Crippen molar-refractivity contribution in [2.45, 2.75) is 64.0 Å². The smallest absolute Gasteiger partial charge is 0.364 e. The van der Waals surface area contributed by atoms with Crippen molar-refractivity contribution in [3.63, 3.8) is 0 Å². The van der Waals surface area contributed by atoms with E-state index in [2.05, 4.69) is 25.7 Å². The maximum Gasteiger partial charge on any atom is 0.416 e. The number of amides is 3. The molecule has 1 aliphatic heterocycles. The number of H-pyrrole nitrogens is 1. The lowest BCUT2D eigenvalue weighted by Gasteiger charge is -2.33. The summed E-state index contributed by atoms with van der Waals surface area (Å²) in [5.41, 5.74) is -0.949. The second kappa shape index (κ2) is 10.7. The molecule has 10 nitrogen and oxygen atoms in total. The molecule has 0 aliphatic carbocycles. The molecule has 1 saturated heterocycles. The number of halogens is 5. The minimum atomic E-state index is -4.67. The minimum Gasteiger partial charge on any atom is -0.364 e. The molecule has 4 rings (SSSR count). The van der Waals surface area contributed by atoms with E-state index >= 15 is 0 Å². The van der Waals surface area contributed by atoms with Crippen molar-refractivity contribution in [3.8, 4) is 0 Å². The summed E-state index contributed by atoms with van der Waals surface area (Å²) < 4.78 is 74.7. The van der Waals surface area contributed by atoms with E-state index in [1.165, 1.54) is 16.9 Å². The number of aromatic nitrogens is 4. The Labute approximate surface area is 226 Å². The van der Waals surface area contributed by atoms with Crippen LogP contribution in [-0.4, -0.2) is 74.0 Å². The Morgan fingerprint density at radius 1 is 1.23 bits per heavy atom. The van der Waals surface area contributed by atoms with Gasteiger partial charge in [-0.15, -0.1) is 0 Å². The van der Waals surface area contributed by atoms with Crippen molar-refractivity contribution in [3.05, 3.63) is 47.5 Å². The highest BCUT2D eigenvalue weighted by atomic mass is 19.4. The number of benzene rings is 1. The first-order valence-electron chi connectivity index (χ1n) is 12.5. The van der Waals surface area contributed by atoms with Gasteiger partial charge in [-0.1, -0.05) is 6.07 Å². The van der Waals surface area contributed by atoms with Gasteiger partial charge in [-0.05, 0) is 51.5 Å². The molecule has 3 heterocycles. The number of hydrogen-bond acceptors (Lipinski definition) is 5. The number of carbonyl (C=O) groups is 2. The molecule has 1 aromatic carbocycles. The fraction of sp³-hybridized carbons (Fsp3) is 0.520. The first-order valence-corrected chi connectivity index (χ1v) is 12.5. The van der Waals surface area contributed by atoms with Gasteiger partial charge in [0.1, 0.15) is 17.6 Å². The second-order valence-corrected chi connectivity index (χ2v) is 10.4. The Morgan fingerprint density at radius 3 is 2.62 bits per heavy atom. The number of fused-ring (bicyclic) bond motifs is 1. The topological polar surface area (TPSA) is 117 Å². The van der Waals surface area contributed by atoms with Crippen LogP contribution in [0.4, 0.5) is 26.7 Å². The van der Waals surface area contributed by atoms with Gasteiger partial charge in [0.2, 0.25) is 0 Å². The van der Waals surface area contributed by atoms with Gasteiger partial charge in [0.05, 0.1) is 30.7 Å². The van der Waals surface area contributed by atoms with Crippen molar-refractivity contribution in [1.82, 2.24) is 35.3 Å². The molecule has 1 fully saturated rings. The molecule has 218 valence electrons. The number of aromatic amines is 1. The van der Waals surface area contributed by atoms with Crippen molar-refractivity contribution < 1.29 is 36.3 Å². The van der Waals surface area contributed by atoms with Crippen LogP contribution in [-0.2, 0) is 11.3 Å². The molecule has 1 aliphatic rings. The lowest BCUT2D eigenvalue weighted by Crippen LogP contribution is -2.56. The van der Waals surface area contributed by atoms with Crippen LogP contribution in [0.25, 0.3) is 11.0 Å². The van der Waals surface area contributed by atoms with E-state index in [1.807, 2.05) is 13.8 Å². The number of hydrogen-bond donors (Lipinski definition) is 3. The molecule has 15 heteroatoms. The minimum absolute atomic E-state index is 0.103. The van der Waals surface area contributed by atoms with Crippen LogP contribution < -0.4 is 10.6 Å². The molecule has 1 atom stereocenters. The molecule has 0 bridgehead atoms. The summed E-state index contributed by atoms with van der Waals surface area (Å²) in [7, 11) is 0. The molecule has 1 unspecified atom stereocenters. The summed E-state index contributed by atoms with van der Waals surface area (Å²) in [5, 5.41) is 8.95. The van der Waals surface area contributed by atoms with Gasteiger partial charge in [-0.25, -0.2) is 18.6 Å². The largest absolute Gasteiger partial charge is 0.416 e. The first kappa shape index (κ1) is 29.2.